The molecule has 0 aliphatic carbocycles. The Hall–Kier alpha value is -0.100. The molecule has 1 saturated heterocycles. The van der Waals surface area contributed by atoms with Crippen LogP contribution in [0.25, 0.3) is 0 Å². The molecule has 4 nitrogen and oxygen atoms in total. The second kappa shape index (κ2) is 12.0. The summed E-state index contributed by atoms with van der Waals surface area (Å²) in [4.78, 5) is 1.58. The van der Waals surface area contributed by atoms with Crippen LogP contribution in [0, 0.1) is 0 Å². The highest BCUT2D eigenvalue weighted by atomic mass is 35.5. The Balaban J connectivity index is 0.00000289. The molecular formula is C12H25ClN2O2S. The first-order chi connectivity index (χ1) is 8.33. The van der Waals surface area contributed by atoms with E-state index in [4.69, 9.17) is 21.7 Å². The van der Waals surface area contributed by atoms with Crippen LogP contribution >= 0.6 is 12.2 Å². The minimum absolute atomic E-state index is 0. The maximum Gasteiger partial charge on any atom is 0.256 e. The zero-order chi connectivity index (χ0) is 12.3. The lowest BCUT2D eigenvalue weighted by atomic mass is 10.3. The minimum atomic E-state index is 0. The van der Waals surface area contributed by atoms with Crippen LogP contribution < -0.4 is 22.6 Å². The highest BCUT2D eigenvalue weighted by molar-refractivity contribution is 7.80. The third-order valence-electron chi connectivity index (χ3n) is 2.93. The molecule has 0 aromatic heterocycles. The number of thiocarbonyl (C=S) groups is 1. The molecule has 0 saturated carbocycles. The molecule has 0 spiro atoms. The zero-order valence-electron chi connectivity index (χ0n) is 11.2. The molecule has 0 aromatic rings. The molecule has 0 unspecified atom stereocenters. The second-order valence-electron chi connectivity index (χ2n) is 4.38. The highest BCUT2D eigenvalue weighted by Crippen LogP contribution is 1.94. The van der Waals surface area contributed by atoms with Crippen molar-refractivity contribution in [2.24, 2.45) is 0 Å². The Morgan fingerprint density at radius 2 is 2.06 bits per heavy atom. The van der Waals surface area contributed by atoms with Crippen molar-refractivity contribution in [3.05, 3.63) is 0 Å². The van der Waals surface area contributed by atoms with Gasteiger partial charge in [-0.25, -0.2) is 0 Å². The Bertz CT molecular complexity index is 214. The van der Waals surface area contributed by atoms with Gasteiger partial charge in [0.1, 0.15) is 13.1 Å². The average molecular weight is 297 g/mol. The maximum atomic E-state index is 5.42. The summed E-state index contributed by atoms with van der Waals surface area (Å²) in [6, 6.07) is 0. The van der Waals surface area contributed by atoms with Gasteiger partial charge in [0.05, 0.1) is 32.9 Å². The van der Waals surface area contributed by atoms with E-state index in [0.717, 1.165) is 52.4 Å². The van der Waals surface area contributed by atoms with Crippen LogP contribution in [0.4, 0.5) is 0 Å². The van der Waals surface area contributed by atoms with Gasteiger partial charge < -0.3 is 32.1 Å². The summed E-state index contributed by atoms with van der Waals surface area (Å²) in [5.41, 5.74) is 0. The number of ether oxygens (including phenoxy) is 2. The topological polar surface area (TPSA) is 34.9 Å². The number of hydrogen-bond acceptors (Lipinski definition) is 3. The lowest BCUT2D eigenvalue weighted by Crippen LogP contribution is -3.14. The van der Waals surface area contributed by atoms with Crippen LogP contribution in [0.3, 0.4) is 0 Å². The van der Waals surface area contributed by atoms with Gasteiger partial charge in [-0.15, -0.1) is 0 Å². The molecule has 1 aliphatic rings. The van der Waals surface area contributed by atoms with Crippen LogP contribution in [0.1, 0.15) is 26.2 Å². The third-order valence-corrected chi connectivity index (χ3v) is 3.19. The molecule has 1 aliphatic heterocycles. The second-order valence-corrected chi connectivity index (χ2v) is 4.75. The Kier molecular flexibility index (Phi) is 11.9. The standard InChI is InChI=1S/C12H24N2O2S.ClH/c1-2-3-4-9-16-12(17)13-5-6-14-7-10-15-11-8-14;/h2-11H2,1H3,(H,13,17);1H. The smallest absolute Gasteiger partial charge is 0.256 e. The number of quaternary nitrogens is 1. The fourth-order valence-corrected chi connectivity index (χ4v) is 2.00. The lowest BCUT2D eigenvalue weighted by Gasteiger charge is -2.23. The first kappa shape index (κ1) is 17.9. The van der Waals surface area contributed by atoms with Gasteiger partial charge in [0.15, 0.2) is 0 Å². The van der Waals surface area contributed by atoms with E-state index in [9.17, 15) is 0 Å². The first-order valence-corrected chi connectivity index (χ1v) is 7.05. The normalized spacial score (nSPS) is 15.8. The first-order valence-electron chi connectivity index (χ1n) is 6.65. The molecule has 0 atom stereocenters. The lowest BCUT2D eigenvalue weighted by molar-refractivity contribution is -0.906. The largest absolute Gasteiger partial charge is 1.00 e. The molecular weight excluding hydrogens is 272 g/mol. The minimum Gasteiger partial charge on any atom is -1.00 e. The number of halogens is 1. The predicted molar refractivity (Wildman–Crippen MR) is 72.5 cm³/mol. The van der Waals surface area contributed by atoms with E-state index in [1.165, 1.54) is 12.8 Å². The number of rotatable bonds is 7. The summed E-state index contributed by atoms with van der Waals surface area (Å²) in [6.45, 7) is 8.87. The molecule has 1 heterocycles. The zero-order valence-corrected chi connectivity index (χ0v) is 12.7. The molecule has 0 amide bonds. The van der Waals surface area contributed by atoms with Crippen LogP contribution in [0.2, 0.25) is 0 Å². The van der Waals surface area contributed by atoms with E-state index in [0.29, 0.717) is 5.17 Å². The van der Waals surface area contributed by atoms with Crippen LogP contribution in [-0.2, 0) is 9.47 Å². The van der Waals surface area contributed by atoms with Gasteiger partial charge in [-0.3, -0.25) is 0 Å². The fraction of sp³-hybridized carbons (Fsp3) is 0.917. The molecule has 0 aromatic carbocycles. The monoisotopic (exact) mass is 296 g/mol. The van der Waals surface area contributed by atoms with Crippen molar-refractivity contribution in [1.82, 2.24) is 5.32 Å². The molecule has 108 valence electrons. The molecule has 18 heavy (non-hydrogen) atoms. The van der Waals surface area contributed by atoms with Gasteiger partial charge in [0.25, 0.3) is 5.17 Å². The van der Waals surface area contributed by atoms with Crippen molar-refractivity contribution in [1.29, 1.82) is 0 Å². The van der Waals surface area contributed by atoms with Gasteiger partial charge in [0.2, 0.25) is 0 Å². The van der Waals surface area contributed by atoms with Crippen molar-refractivity contribution in [2.45, 2.75) is 26.2 Å². The van der Waals surface area contributed by atoms with Crippen LogP contribution in [0.5, 0.6) is 0 Å². The Morgan fingerprint density at radius 3 is 2.72 bits per heavy atom. The maximum absolute atomic E-state index is 5.42. The molecule has 1 rings (SSSR count). The fourth-order valence-electron chi connectivity index (χ4n) is 1.82. The van der Waals surface area contributed by atoms with E-state index < -0.39 is 0 Å². The molecule has 0 bridgehead atoms. The van der Waals surface area contributed by atoms with Crippen molar-refractivity contribution < 1.29 is 26.8 Å². The van der Waals surface area contributed by atoms with E-state index in [2.05, 4.69) is 12.2 Å². The van der Waals surface area contributed by atoms with Gasteiger partial charge in [-0.2, -0.15) is 0 Å². The summed E-state index contributed by atoms with van der Waals surface area (Å²) in [5, 5.41) is 3.70. The van der Waals surface area contributed by atoms with Gasteiger partial charge in [0, 0.05) is 0 Å². The van der Waals surface area contributed by atoms with Gasteiger partial charge >= 0.3 is 0 Å². The van der Waals surface area contributed by atoms with E-state index in [1.807, 2.05) is 0 Å². The quantitative estimate of drug-likeness (QED) is 0.387. The summed E-state index contributed by atoms with van der Waals surface area (Å²) < 4.78 is 10.7. The molecule has 1 fully saturated rings. The Morgan fingerprint density at radius 1 is 1.33 bits per heavy atom. The van der Waals surface area contributed by atoms with Crippen molar-refractivity contribution >= 4 is 17.4 Å². The highest BCUT2D eigenvalue weighted by Gasteiger charge is 2.12. The molecule has 2 N–H and O–H groups in total. The number of morpholine rings is 1. The van der Waals surface area contributed by atoms with Crippen molar-refractivity contribution in [2.75, 3.05) is 46.0 Å². The SMILES string of the molecule is CCCCCOC(=S)NCC[NH+]1CCOCC1.[Cl-]. The van der Waals surface area contributed by atoms with Crippen LogP contribution in [0.15, 0.2) is 0 Å². The number of unbranched alkanes of at least 4 members (excludes halogenated alkanes) is 2. The van der Waals surface area contributed by atoms with Gasteiger partial charge in [-0.05, 0) is 18.6 Å². The van der Waals surface area contributed by atoms with Crippen molar-refractivity contribution in [3.63, 3.8) is 0 Å². The van der Waals surface area contributed by atoms with E-state index >= 15 is 0 Å². The van der Waals surface area contributed by atoms with E-state index in [1.54, 1.807) is 4.90 Å². The summed E-state index contributed by atoms with van der Waals surface area (Å²) >= 11 is 5.10. The molecule has 0 radical (unpaired) electrons. The van der Waals surface area contributed by atoms with Crippen LogP contribution in [-0.4, -0.2) is 51.2 Å². The van der Waals surface area contributed by atoms with Gasteiger partial charge in [-0.1, -0.05) is 19.8 Å². The summed E-state index contributed by atoms with van der Waals surface area (Å²) in [7, 11) is 0. The van der Waals surface area contributed by atoms with E-state index in [-0.39, 0.29) is 12.4 Å². The number of nitrogens with one attached hydrogen (secondary N) is 2. The Labute approximate surface area is 122 Å². The molecule has 6 heteroatoms. The summed E-state index contributed by atoms with van der Waals surface area (Å²) in [5.74, 6) is 0. The third kappa shape index (κ3) is 8.91. The van der Waals surface area contributed by atoms with Crippen molar-refractivity contribution in [3.8, 4) is 0 Å². The number of hydrogen-bond donors (Lipinski definition) is 2. The summed E-state index contributed by atoms with van der Waals surface area (Å²) in [6.07, 6.45) is 3.51. The predicted octanol–water partition coefficient (Wildman–Crippen LogP) is -3.01. The average Bonchev–Trinajstić information content (AvgIpc) is 2.36.